The summed E-state index contributed by atoms with van der Waals surface area (Å²) in [6, 6.07) is 4.96. The van der Waals surface area contributed by atoms with Crippen molar-refractivity contribution in [2.24, 2.45) is 0 Å². The van der Waals surface area contributed by atoms with Crippen LogP contribution in [-0.2, 0) is 9.59 Å². The van der Waals surface area contributed by atoms with Gasteiger partial charge in [-0.25, -0.2) is 0 Å². The molecular weight excluding hydrogens is 263 g/mol. The molecule has 2 amide bonds. The summed E-state index contributed by atoms with van der Waals surface area (Å²) in [7, 11) is 0. The lowest BCUT2D eigenvalue weighted by molar-refractivity contribution is -0.136. The van der Waals surface area contributed by atoms with Crippen LogP contribution in [0, 0.1) is 0 Å². The molecule has 2 N–H and O–H groups in total. The first kappa shape index (κ1) is 12.2. The average Bonchev–Trinajstić information content (AvgIpc) is 3.08. The fraction of sp³-hybridized carbons (Fsp3) is 0.273. The number of benzene rings is 1. The predicted molar refractivity (Wildman–Crippen MR) is 66.3 cm³/mol. The van der Waals surface area contributed by atoms with Gasteiger partial charge in [0.1, 0.15) is 0 Å². The summed E-state index contributed by atoms with van der Waals surface area (Å²) in [6.07, 6.45) is 1.86. The summed E-state index contributed by atoms with van der Waals surface area (Å²) in [4.78, 5) is 22.9. The lowest BCUT2D eigenvalue weighted by Crippen LogP contribution is -2.36. The Hall–Kier alpha value is -1.26. The van der Waals surface area contributed by atoms with E-state index in [1.165, 1.54) is 0 Å². The zero-order valence-electron chi connectivity index (χ0n) is 8.80. The van der Waals surface area contributed by atoms with Gasteiger partial charge in [0.05, 0.1) is 15.7 Å². The number of hydrogen-bond acceptors (Lipinski definition) is 2. The van der Waals surface area contributed by atoms with E-state index in [1.54, 1.807) is 18.2 Å². The van der Waals surface area contributed by atoms with E-state index in [1.807, 2.05) is 0 Å². The van der Waals surface area contributed by atoms with Crippen LogP contribution in [0.2, 0.25) is 10.0 Å². The molecule has 0 bridgehead atoms. The highest BCUT2D eigenvalue weighted by Crippen LogP contribution is 2.29. The van der Waals surface area contributed by atoms with E-state index in [2.05, 4.69) is 10.6 Å². The lowest BCUT2D eigenvalue weighted by atomic mass is 10.3. The van der Waals surface area contributed by atoms with Crippen LogP contribution in [0.1, 0.15) is 12.8 Å². The highest BCUT2D eigenvalue weighted by molar-refractivity contribution is 6.45. The van der Waals surface area contributed by atoms with Crippen molar-refractivity contribution in [2.45, 2.75) is 18.9 Å². The predicted octanol–water partition coefficient (Wildman–Crippen LogP) is 2.21. The van der Waals surface area contributed by atoms with Gasteiger partial charge in [-0.2, -0.15) is 0 Å². The number of nitrogens with one attached hydrogen (secondary N) is 2. The standard InChI is InChI=1S/C11H10Cl2N2O2/c12-7-2-1-3-8(9(7)13)15-11(17)10(16)14-6-4-5-6/h1-3,6H,4-5H2,(H,14,16)(H,15,17). The van der Waals surface area contributed by atoms with Crippen LogP contribution >= 0.6 is 23.2 Å². The minimum Gasteiger partial charge on any atom is -0.345 e. The fourth-order valence-corrected chi connectivity index (χ4v) is 1.61. The average molecular weight is 273 g/mol. The summed E-state index contributed by atoms with van der Waals surface area (Å²) in [5, 5.41) is 5.55. The van der Waals surface area contributed by atoms with E-state index < -0.39 is 11.8 Å². The molecule has 0 radical (unpaired) electrons. The number of amides is 2. The summed E-state index contributed by atoms with van der Waals surface area (Å²) >= 11 is 11.7. The third kappa shape index (κ3) is 3.11. The van der Waals surface area contributed by atoms with Crippen LogP contribution in [-0.4, -0.2) is 17.9 Å². The van der Waals surface area contributed by atoms with Gasteiger partial charge < -0.3 is 10.6 Å². The maximum absolute atomic E-state index is 11.5. The summed E-state index contributed by atoms with van der Waals surface area (Å²) in [5.41, 5.74) is 0.329. The molecular formula is C11H10Cl2N2O2. The molecule has 1 saturated carbocycles. The molecule has 2 rings (SSSR count). The smallest absolute Gasteiger partial charge is 0.313 e. The van der Waals surface area contributed by atoms with Gasteiger partial charge in [0.25, 0.3) is 0 Å². The van der Waals surface area contributed by atoms with Gasteiger partial charge in [0.15, 0.2) is 0 Å². The van der Waals surface area contributed by atoms with Gasteiger partial charge in [-0.15, -0.1) is 0 Å². The number of halogens is 2. The Morgan fingerprint density at radius 1 is 1.18 bits per heavy atom. The second-order valence-electron chi connectivity index (χ2n) is 3.80. The zero-order chi connectivity index (χ0) is 12.4. The molecule has 90 valence electrons. The summed E-state index contributed by atoms with van der Waals surface area (Å²) in [5.74, 6) is -1.38. The van der Waals surface area contributed by atoms with Crippen molar-refractivity contribution in [3.05, 3.63) is 28.2 Å². The van der Waals surface area contributed by atoms with Crippen molar-refractivity contribution >= 4 is 40.7 Å². The topological polar surface area (TPSA) is 58.2 Å². The van der Waals surface area contributed by atoms with Gasteiger partial charge in [0.2, 0.25) is 0 Å². The van der Waals surface area contributed by atoms with Crippen LogP contribution in [0.5, 0.6) is 0 Å². The molecule has 1 aliphatic carbocycles. The molecule has 1 aliphatic rings. The molecule has 17 heavy (non-hydrogen) atoms. The van der Waals surface area contributed by atoms with E-state index in [0.29, 0.717) is 10.7 Å². The van der Waals surface area contributed by atoms with E-state index in [-0.39, 0.29) is 11.1 Å². The first-order valence-electron chi connectivity index (χ1n) is 5.14. The fourth-order valence-electron chi connectivity index (χ4n) is 1.26. The van der Waals surface area contributed by atoms with Gasteiger partial charge >= 0.3 is 11.8 Å². The van der Waals surface area contributed by atoms with Crippen molar-refractivity contribution in [3.63, 3.8) is 0 Å². The highest BCUT2D eigenvalue weighted by Gasteiger charge is 2.26. The third-order valence-electron chi connectivity index (χ3n) is 2.32. The van der Waals surface area contributed by atoms with Crippen molar-refractivity contribution in [1.29, 1.82) is 0 Å². The molecule has 4 nitrogen and oxygen atoms in total. The van der Waals surface area contributed by atoms with Gasteiger partial charge in [0, 0.05) is 6.04 Å². The van der Waals surface area contributed by atoms with Crippen LogP contribution < -0.4 is 10.6 Å². The first-order valence-corrected chi connectivity index (χ1v) is 5.89. The Bertz CT molecular complexity index is 473. The van der Waals surface area contributed by atoms with Crippen LogP contribution in [0.15, 0.2) is 18.2 Å². The number of hydrogen-bond donors (Lipinski definition) is 2. The molecule has 0 atom stereocenters. The van der Waals surface area contributed by atoms with E-state index >= 15 is 0 Å². The third-order valence-corrected chi connectivity index (χ3v) is 3.14. The molecule has 0 unspecified atom stereocenters. The second kappa shape index (κ2) is 4.94. The number of carbonyl (C=O) groups excluding carboxylic acids is 2. The molecule has 0 aliphatic heterocycles. The Morgan fingerprint density at radius 3 is 2.53 bits per heavy atom. The maximum Gasteiger partial charge on any atom is 0.313 e. The molecule has 1 fully saturated rings. The SMILES string of the molecule is O=C(Nc1cccc(Cl)c1Cl)C(=O)NC1CC1. The molecule has 1 aromatic carbocycles. The minimum atomic E-state index is -0.735. The van der Waals surface area contributed by atoms with E-state index in [4.69, 9.17) is 23.2 Å². The number of anilines is 1. The van der Waals surface area contributed by atoms with Crippen molar-refractivity contribution in [1.82, 2.24) is 5.32 Å². The van der Waals surface area contributed by atoms with Crippen molar-refractivity contribution in [3.8, 4) is 0 Å². The zero-order valence-corrected chi connectivity index (χ0v) is 10.3. The molecule has 6 heteroatoms. The quantitative estimate of drug-likeness (QED) is 0.811. The second-order valence-corrected chi connectivity index (χ2v) is 4.59. The Labute approximate surface area is 108 Å². The normalized spacial score (nSPS) is 14.2. The van der Waals surface area contributed by atoms with Gasteiger partial charge in [-0.3, -0.25) is 9.59 Å². The Morgan fingerprint density at radius 2 is 1.88 bits per heavy atom. The summed E-state index contributed by atoms with van der Waals surface area (Å²) < 4.78 is 0. The van der Waals surface area contributed by atoms with Gasteiger partial charge in [-0.1, -0.05) is 29.3 Å². The molecule has 0 spiro atoms. The van der Waals surface area contributed by atoms with Crippen LogP contribution in [0.25, 0.3) is 0 Å². The van der Waals surface area contributed by atoms with Crippen LogP contribution in [0.4, 0.5) is 5.69 Å². The maximum atomic E-state index is 11.5. The van der Waals surface area contributed by atoms with E-state index in [9.17, 15) is 9.59 Å². The molecule has 0 heterocycles. The van der Waals surface area contributed by atoms with Gasteiger partial charge in [-0.05, 0) is 25.0 Å². The van der Waals surface area contributed by atoms with Crippen molar-refractivity contribution < 1.29 is 9.59 Å². The lowest BCUT2D eigenvalue weighted by Gasteiger charge is -2.07. The number of rotatable bonds is 2. The van der Waals surface area contributed by atoms with Crippen LogP contribution in [0.3, 0.4) is 0 Å². The minimum absolute atomic E-state index is 0.142. The highest BCUT2D eigenvalue weighted by atomic mass is 35.5. The molecule has 0 saturated heterocycles. The Balaban J connectivity index is 2.01. The summed E-state index contributed by atoms with van der Waals surface area (Å²) in [6.45, 7) is 0. The largest absolute Gasteiger partial charge is 0.345 e. The first-order chi connectivity index (χ1) is 8.08. The Kier molecular flexibility index (Phi) is 3.54. The number of carbonyl (C=O) groups is 2. The molecule has 1 aromatic rings. The molecule has 0 aromatic heterocycles. The van der Waals surface area contributed by atoms with Crippen molar-refractivity contribution in [2.75, 3.05) is 5.32 Å². The monoisotopic (exact) mass is 272 g/mol. The van der Waals surface area contributed by atoms with E-state index in [0.717, 1.165) is 12.8 Å².